The number of halogens is 1. The lowest BCUT2D eigenvalue weighted by molar-refractivity contribution is 0.194. The number of fused-ring (bicyclic) bond motifs is 1. The Bertz CT molecular complexity index is 438. The van der Waals surface area contributed by atoms with E-state index in [1.165, 1.54) is 0 Å². The molecule has 1 unspecified atom stereocenters. The second-order valence-electron chi connectivity index (χ2n) is 2.77. The molecule has 0 amide bonds. The predicted molar refractivity (Wildman–Crippen MR) is 51.3 cm³/mol. The molecule has 0 aliphatic heterocycles. The zero-order valence-corrected chi connectivity index (χ0v) is 8.56. The number of imidazole rings is 1. The minimum absolute atomic E-state index is 0.575. The van der Waals surface area contributed by atoms with E-state index in [0.29, 0.717) is 5.69 Å². The van der Waals surface area contributed by atoms with Crippen molar-refractivity contribution in [2.24, 2.45) is 0 Å². The normalized spacial score (nSPS) is 13.5. The molecular weight excluding hydrogens is 234 g/mol. The van der Waals surface area contributed by atoms with Crippen molar-refractivity contribution < 1.29 is 5.11 Å². The number of aliphatic hydroxyl groups is 1. The Morgan fingerprint density at radius 2 is 2.38 bits per heavy atom. The molecule has 0 spiro atoms. The second kappa shape index (κ2) is 3.08. The average Bonchev–Trinajstić information content (AvgIpc) is 2.45. The molecule has 68 valence electrons. The number of aliphatic hydroxyl groups excluding tert-OH is 1. The summed E-state index contributed by atoms with van der Waals surface area (Å²) in [7, 11) is 0. The maximum atomic E-state index is 9.38. The molecule has 0 aromatic carbocycles. The van der Waals surface area contributed by atoms with Gasteiger partial charge in [0.25, 0.3) is 0 Å². The molecule has 0 radical (unpaired) electrons. The molecule has 2 rings (SSSR count). The SMILES string of the molecule is CC(O)c1nc2cnccn2c1Br. The fourth-order valence-corrected chi connectivity index (χ4v) is 1.88. The van der Waals surface area contributed by atoms with Crippen LogP contribution in [0.1, 0.15) is 18.7 Å². The van der Waals surface area contributed by atoms with Gasteiger partial charge in [-0.25, -0.2) is 4.98 Å². The molecule has 4 nitrogen and oxygen atoms in total. The van der Waals surface area contributed by atoms with E-state index in [9.17, 15) is 5.11 Å². The second-order valence-corrected chi connectivity index (χ2v) is 3.52. The van der Waals surface area contributed by atoms with Crippen molar-refractivity contribution in [3.8, 4) is 0 Å². The summed E-state index contributed by atoms with van der Waals surface area (Å²) in [6, 6.07) is 0. The van der Waals surface area contributed by atoms with E-state index < -0.39 is 6.10 Å². The van der Waals surface area contributed by atoms with Crippen molar-refractivity contribution in [2.45, 2.75) is 13.0 Å². The monoisotopic (exact) mass is 241 g/mol. The standard InChI is InChI=1S/C8H8BrN3O/c1-5(13)7-8(9)12-3-2-10-4-6(12)11-7/h2-5,13H,1H3. The summed E-state index contributed by atoms with van der Waals surface area (Å²) < 4.78 is 2.61. The van der Waals surface area contributed by atoms with Crippen LogP contribution in [0.4, 0.5) is 0 Å². The first-order valence-corrected chi connectivity index (χ1v) is 4.65. The van der Waals surface area contributed by atoms with E-state index in [4.69, 9.17) is 0 Å². The molecule has 0 saturated heterocycles. The van der Waals surface area contributed by atoms with Crippen LogP contribution >= 0.6 is 15.9 Å². The van der Waals surface area contributed by atoms with Crippen molar-refractivity contribution in [2.75, 3.05) is 0 Å². The first-order valence-electron chi connectivity index (χ1n) is 3.85. The Morgan fingerprint density at radius 3 is 3.00 bits per heavy atom. The number of nitrogens with zero attached hydrogens (tertiary/aromatic N) is 3. The third-order valence-corrected chi connectivity index (χ3v) is 2.58. The van der Waals surface area contributed by atoms with Gasteiger partial charge in [-0.3, -0.25) is 9.38 Å². The largest absolute Gasteiger partial charge is 0.387 e. The lowest BCUT2D eigenvalue weighted by atomic mass is 10.3. The molecule has 5 heteroatoms. The van der Waals surface area contributed by atoms with E-state index in [2.05, 4.69) is 25.9 Å². The highest BCUT2D eigenvalue weighted by Gasteiger charge is 2.13. The summed E-state index contributed by atoms with van der Waals surface area (Å²) in [6.45, 7) is 1.68. The van der Waals surface area contributed by atoms with Crippen LogP contribution in [0, 0.1) is 0 Å². The quantitative estimate of drug-likeness (QED) is 0.825. The molecule has 1 N–H and O–H groups in total. The van der Waals surface area contributed by atoms with Gasteiger partial charge in [0.15, 0.2) is 5.65 Å². The third-order valence-electron chi connectivity index (χ3n) is 1.79. The Labute approximate surface area is 83.4 Å². The van der Waals surface area contributed by atoms with Crippen molar-refractivity contribution in [3.05, 3.63) is 28.9 Å². The zero-order valence-electron chi connectivity index (χ0n) is 6.98. The summed E-state index contributed by atoms with van der Waals surface area (Å²) in [5, 5.41) is 9.38. The van der Waals surface area contributed by atoms with Crippen LogP contribution in [0.5, 0.6) is 0 Å². The predicted octanol–water partition coefficient (Wildman–Crippen LogP) is 1.55. The molecule has 0 bridgehead atoms. The first-order chi connectivity index (χ1) is 6.20. The molecule has 0 aliphatic carbocycles. The van der Waals surface area contributed by atoms with Gasteiger partial charge in [0.05, 0.1) is 12.3 Å². The van der Waals surface area contributed by atoms with E-state index >= 15 is 0 Å². The Morgan fingerprint density at radius 1 is 1.62 bits per heavy atom. The van der Waals surface area contributed by atoms with Crippen molar-refractivity contribution >= 4 is 21.6 Å². The topological polar surface area (TPSA) is 50.4 Å². The molecule has 2 aromatic heterocycles. The molecular formula is C8H8BrN3O. The molecule has 0 aliphatic rings. The molecule has 2 heterocycles. The molecule has 1 atom stereocenters. The fraction of sp³-hybridized carbons (Fsp3) is 0.250. The van der Waals surface area contributed by atoms with Crippen molar-refractivity contribution in [1.82, 2.24) is 14.4 Å². The summed E-state index contributed by atoms with van der Waals surface area (Å²) in [5.41, 5.74) is 1.36. The van der Waals surface area contributed by atoms with Gasteiger partial charge in [-0.05, 0) is 22.9 Å². The fourth-order valence-electron chi connectivity index (χ4n) is 1.16. The van der Waals surface area contributed by atoms with Gasteiger partial charge in [0, 0.05) is 12.4 Å². The molecule has 0 saturated carbocycles. The lowest BCUT2D eigenvalue weighted by Gasteiger charge is -1.98. The van der Waals surface area contributed by atoms with Crippen LogP contribution in [0.2, 0.25) is 0 Å². The maximum absolute atomic E-state index is 9.38. The first kappa shape index (κ1) is 8.65. The third kappa shape index (κ3) is 1.34. The summed E-state index contributed by atoms with van der Waals surface area (Å²) in [5.74, 6) is 0. The van der Waals surface area contributed by atoms with Crippen molar-refractivity contribution in [1.29, 1.82) is 0 Å². The minimum atomic E-state index is -0.575. The van der Waals surface area contributed by atoms with Crippen LogP contribution in [0.3, 0.4) is 0 Å². The lowest BCUT2D eigenvalue weighted by Crippen LogP contribution is -1.91. The number of rotatable bonds is 1. The van der Waals surface area contributed by atoms with Crippen LogP contribution in [-0.4, -0.2) is 19.5 Å². The number of hydrogen-bond acceptors (Lipinski definition) is 3. The highest BCUT2D eigenvalue weighted by Crippen LogP contribution is 2.23. The van der Waals surface area contributed by atoms with Gasteiger partial charge in [-0.1, -0.05) is 0 Å². The van der Waals surface area contributed by atoms with Gasteiger partial charge in [0.2, 0.25) is 0 Å². The van der Waals surface area contributed by atoms with Gasteiger partial charge in [0.1, 0.15) is 10.3 Å². The average molecular weight is 242 g/mol. The van der Waals surface area contributed by atoms with Gasteiger partial charge >= 0.3 is 0 Å². The number of hydrogen-bond donors (Lipinski definition) is 1. The summed E-state index contributed by atoms with van der Waals surface area (Å²) in [4.78, 5) is 8.16. The van der Waals surface area contributed by atoms with E-state index in [-0.39, 0.29) is 0 Å². The van der Waals surface area contributed by atoms with Gasteiger partial charge < -0.3 is 5.11 Å². The van der Waals surface area contributed by atoms with Gasteiger partial charge in [-0.2, -0.15) is 0 Å². The van der Waals surface area contributed by atoms with Gasteiger partial charge in [-0.15, -0.1) is 0 Å². The van der Waals surface area contributed by atoms with Crippen molar-refractivity contribution in [3.63, 3.8) is 0 Å². The Kier molecular flexibility index (Phi) is 2.05. The Hall–Kier alpha value is -0.940. The minimum Gasteiger partial charge on any atom is -0.387 e. The van der Waals surface area contributed by atoms with Crippen LogP contribution < -0.4 is 0 Å². The molecule has 0 fully saturated rings. The Balaban J connectivity index is 2.74. The molecule has 13 heavy (non-hydrogen) atoms. The number of aromatic nitrogens is 3. The summed E-state index contributed by atoms with van der Waals surface area (Å²) in [6.07, 6.45) is 4.54. The highest BCUT2D eigenvalue weighted by molar-refractivity contribution is 9.10. The maximum Gasteiger partial charge on any atom is 0.156 e. The smallest absolute Gasteiger partial charge is 0.156 e. The van der Waals surface area contributed by atoms with E-state index in [1.807, 2.05) is 4.40 Å². The van der Waals surface area contributed by atoms with E-state index in [0.717, 1.165) is 10.3 Å². The van der Waals surface area contributed by atoms with Crippen LogP contribution in [0.15, 0.2) is 23.2 Å². The van der Waals surface area contributed by atoms with Crippen LogP contribution in [-0.2, 0) is 0 Å². The summed E-state index contributed by atoms with van der Waals surface area (Å²) >= 11 is 3.37. The molecule has 2 aromatic rings. The zero-order chi connectivity index (χ0) is 9.42. The van der Waals surface area contributed by atoms with Crippen LogP contribution in [0.25, 0.3) is 5.65 Å². The highest BCUT2D eigenvalue weighted by atomic mass is 79.9. The van der Waals surface area contributed by atoms with E-state index in [1.54, 1.807) is 25.5 Å².